The number of aliphatic hydroxyl groups excluding tert-OH is 1. The molecule has 0 aromatic heterocycles. The van der Waals surface area contributed by atoms with Gasteiger partial charge in [0.05, 0.1) is 12.6 Å². The van der Waals surface area contributed by atoms with Gasteiger partial charge in [-0.2, -0.15) is 0 Å². The van der Waals surface area contributed by atoms with E-state index in [9.17, 15) is 10.2 Å². The van der Waals surface area contributed by atoms with Crippen molar-refractivity contribution in [3.05, 3.63) is 77.9 Å². The molecule has 5 N–H and O–H groups in total. The Bertz CT molecular complexity index is 805. The van der Waals surface area contributed by atoms with E-state index in [2.05, 4.69) is 5.32 Å². The Balaban J connectivity index is 1.98. The van der Waals surface area contributed by atoms with Crippen molar-refractivity contribution in [2.75, 3.05) is 6.61 Å². The molecule has 4 heteroatoms. The van der Waals surface area contributed by atoms with E-state index in [0.29, 0.717) is 6.54 Å². The van der Waals surface area contributed by atoms with E-state index in [1.807, 2.05) is 60.7 Å². The van der Waals surface area contributed by atoms with Crippen molar-refractivity contribution in [3.63, 3.8) is 0 Å². The van der Waals surface area contributed by atoms with Gasteiger partial charge in [-0.25, -0.2) is 0 Å². The minimum Gasteiger partial charge on any atom is -0.508 e. The maximum absolute atomic E-state index is 10.4. The zero-order valence-corrected chi connectivity index (χ0v) is 13.4. The average molecular weight is 322 g/mol. The molecule has 2 atom stereocenters. The molecule has 0 saturated carbocycles. The first-order chi connectivity index (χ1) is 11.7. The molecule has 0 fully saturated rings. The molecular weight excluding hydrogens is 300 g/mol. The van der Waals surface area contributed by atoms with Gasteiger partial charge in [0.25, 0.3) is 0 Å². The number of phenols is 1. The third-order valence-corrected chi connectivity index (χ3v) is 4.27. The molecule has 0 heterocycles. The summed E-state index contributed by atoms with van der Waals surface area (Å²) in [6, 6.07) is 20.5. The van der Waals surface area contributed by atoms with Gasteiger partial charge in [0.2, 0.25) is 0 Å². The lowest BCUT2D eigenvalue weighted by Gasteiger charge is -2.26. The van der Waals surface area contributed by atoms with Crippen LogP contribution in [0, 0.1) is 0 Å². The van der Waals surface area contributed by atoms with Gasteiger partial charge in [-0.1, -0.05) is 60.7 Å². The molecule has 4 nitrogen and oxygen atoms in total. The van der Waals surface area contributed by atoms with Crippen LogP contribution < -0.4 is 11.1 Å². The maximum atomic E-state index is 10.4. The van der Waals surface area contributed by atoms with E-state index in [-0.39, 0.29) is 18.4 Å². The van der Waals surface area contributed by atoms with Gasteiger partial charge in [0.15, 0.2) is 0 Å². The molecule has 3 rings (SSSR count). The Hall–Kier alpha value is -2.40. The first-order valence-electron chi connectivity index (χ1n) is 8.05. The Labute approximate surface area is 141 Å². The summed E-state index contributed by atoms with van der Waals surface area (Å²) in [6.07, 6.45) is 0. The number of benzene rings is 3. The van der Waals surface area contributed by atoms with Crippen LogP contribution in [0.2, 0.25) is 0 Å². The Morgan fingerprint density at radius 1 is 0.917 bits per heavy atom. The number of rotatable bonds is 6. The van der Waals surface area contributed by atoms with Crippen LogP contribution in [-0.4, -0.2) is 22.9 Å². The summed E-state index contributed by atoms with van der Waals surface area (Å²) >= 11 is 0. The number of aliphatic hydroxyl groups is 1. The summed E-state index contributed by atoms with van der Waals surface area (Å²) in [5.41, 5.74) is 8.00. The van der Waals surface area contributed by atoms with E-state index in [1.165, 1.54) is 0 Å². The predicted octanol–water partition coefficient (Wildman–Crippen LogP) is 2.70. The molecule has 0 aliphatic heterocycles. The van der Waals surface area contributed by atoms with E-state index >= 15 is 0 Å². The number of aromatic hydroxyl groups is 1. The van der Waals surface area contributed by atoms with Gasteiger partial charge in [0.1, 0.15) is 5.75 Å². The minimum absolute atomic E-state index is 0.172. The Morgan fingerprint density at radius 2 is 1.62 bits per heavy atom. The largest absolute Gasteiger partial charge is 0.508 e. The molecule has 0 bridgehead atoms. The van der Waals surface area contributed by atoms with Gasteiger partial charge >= 0.3 is 0 Å². The predicted molar refractivity (Wildman–Crippen MR) is 96.7 cm³/mol. The highest BCUT2D eigenvalue weighted by Gasteiger charge is 2.24. The lowest BCUT2D eigenvalue weighted by atomic mass is 9.93. The molecule has 0 aliphatic carbocycles. The maximum Gasteiger partial charge on any atom is 0.121 e. The van der Waals surface area contributed by atoms with Crippen LogP contribution in [0.3, 0.4) is 0 Å². The molecule has 0 saturated heterocycles. The van der Waals surface area contributed by atoms with Crippen LogP contribution in [0.15, 0.2) is 66.7 Å². The highest BCUT2D eigenvalue weighted by atomic mass is 16.3. The van der Waals surface area contributed by atoms with Gasteiger partial charge in [-0.15, -0.1) is 0 Å². The fourth-order valence-corrected chi connectivity index (χ4v) is 3.01. The number of hydrogen-bond donors (Lipinski definition) is 4. The SMILES string of the molecule is N[C@@H](CO)[C@@H](NCc1ccccc1)c1c(O)ccc2ccccc12. The van der Waals surface area contributed by atoms with Crippen molar-refractivity contribution >= 4 is 10.8 Å². The smallest absolute Gasteiger partial charge is 0.121 e. The number of phenolic OH excluding ortho intramolecular Hbond substituents is 1. The van der Waals surface area contributed by atoms with E-state index in [4.69, 9.17) is 5.73 Å². The second-order valence-electron chi connectivity index (χ2n) is 5.91. The number of nitrogens with one attached hydrogen (secondary N) is 1. The molecule has 0 spiro atoms. The monoisotopic (exact) mass is 322 g/mol. The third kappa shape index (κ3) is 3.41. The third-order valence-electron chi connectivity index (χ3n) is 4.27. The molecular formula is C20H22N2O2. The van der Waals surface area contributed by atoms with Crippen molar-refractivity contribution < 1.29 is 10.2 Å². The molecule has 3 aromatic carbocycles. The lowest BCUT2D eigenvalue weighted by Crippen LogP contribution is -2.40. The van der Waals surface area contributed by atoms with Crippen LogP contribution in [0.4, 0.5) is 0 Å². The van der Waals surface area contributed by atoms with Crippen LogP contribution in [0.5, 0.6) is 5.75 Å². The van der Waals surface area contributed by atoms with E-state index in [1.54, 1.807) is 6.07 Å². The molecule has 0 unspecified atom stereocenters. The quantitative estimate of drug-likeness (QED) is 0.563. The number of nitrogens with two attached hydrogens (primary N) is 1. The van der Waals surface area contributed by atoms with Crippen LogP contribution in [0.25, 0.3) is 10.8 Å². The summed E-state index contributed by atoms with van der Waals surface area (Å²) in [7, 11) is 0. The molecule has 3 aromatic rings. The number of fused-ring (bicyclic) bond motifs is 1. The van der Waals surface area contributed by atoms with Crippen molar-refractivity contribution in [1.29, 1.82) is 0 Å². The Kier molecular flexibility index (Phi) is 5.11. The van der Waals surface area contributed by atoms with Crippen molar-refractivity contribution in [3.8, 4) is 5.75 Å². The first kappa shape index (κ1) is 16.5. The minimum atomic E-state index is -0.523. The van der Waals surface area contributed by atoms with E-state index < -0.39 is 6.04 Å². The van der Waals surface area contributed by atoms with Gasteiger partial charge < -0.3 is 21.3 Å². The van der Waals surface area contributed by atoms with Gasteiger partial charge in [-0.3, -0.25) is 0 Å². The molecule has 0 aliphatic rings. The topological polar surface area (TPSA) is 78.5 Å². The van der Waals surface area contributed by atoms with Crippen LogP contribution in [-0.2, 0) is 6.54 Å². The fourth-order valence-electron chi connectivity index (χ4n) is 3.01. The zero-order valence-electron chi connectivity index (χ0n) is 13.4. The zero-order chi connectivity index (χ0) is 16.9. The van der Waals surface area contributed by atoms with Gasteiger partial charge in [0, 0.05) is 18.2 Å². The first-order valence-corrected chi connectivity index (χ1v) is 8.05. The normalized spacial score (nSPS) is 13.8. The molecule has 0 amide bonds. The summed E-state index contributed by atoms with van der Waals surface area (Å²) in [5, 5.41) is 25.4. The second kappa shape index (κ2) is 7.45. The molecule has 0 radical (unpaired) electrons. The second-order valence-corrected chi connectivity index (χ2v) is 5.91. The highest BCUT2D eigenvalue weighted by molar-refractivity contribution is 5.88. The van der Waals surface area contributed by atoms with Gasteiger partial charge in [-0.05, 0) is 22.4 Å². The number of hydrogen-bond acceptors (Lipinski definition) is 4. The Morgan fingerprint density at radius 3 is 2.38 bits per heavy atom. The lowest BCUT2D eigenvalue weighted by molar-refractivity contribution is 0.235. The average Bonchev–Trinajstić information content (AvgIpc) is 2.63. The standard InChI is InChI=1S/C20H22N2O2/c21-17(13-23)20(22-12-14-6-2-1-3-7-14)19-16-9-5-4-8-15(16)10-11-18(19)24/h1-11,17,20,22-24H,12-13,21H2/t17-,20+/m0/s1. The summed E-state index contributed by atoms with van der Waals surface area (Å²) in [5.74, 6) is 0.183. The fraction of sp³-hybridized carbons (Fsp3) is 0.200. The van der Waals surface area contributed by atoms with Crippen LogP contribution >= 0.6 is 0 Å². The molecule has 124 valence electrons. The summed E-state index contributed by atoms with van der Waals surface area (Å²) < 4.78 is 0. The van der Waals surface area contributed by atoms with Crippen LogP contribution in [0.1, 0.15) is 17.2 Å². The molecule has 24 heavy (non-hydrogen) atoms. The summed E-state index contributed by atoms with van der Waals surface area (Å²) in [6.45, 7) is 0.428. The highest BCUT2D eigenvalue weighted by Crippen LogP contribution is 2.33. The van der Waals surface area contributed by atoms with Crippen molar-refractivity contribution in [2.45, 2.75) is 18.6 Å². The van der Waals surface area contributed by atoms with Crippen molar-refractivity contribution in [2.24, 2.45) is 5.73 Å². The van der Waals surface area contributed by atoms with E-state index in [0.717, 1.165) is 21.9 Å². The van der Waals surface area contributed by atoms with Crippen molar-refractivity contribution in [1.82, 2.24) is 5.32 Å². The summed E-state index contributed by atoms with van der Waals surface area (Å²) in [4.78, 5) is 0.